The summed E-state index contributed by atoms with van der Waals surface area (Å²) in [5, 5.41) is 18.3. The molecule has 0 aliphatic carbocycles. The summed E-state index contributed by atoms with van der Waals surface area (Å²) >= 11 is 0. The molecule has 0 fully saturated rings. The van der Waals surface area contributed by atoms with E-state index in [1.54, 1.807) is 36.4 Å². The van der Waals surface area contributed by atoms with Crippen molar-refractivity contribution in [2.24, 2.45) is 0 Å². The van der Waals surface area contributed by atoms with E-state index in [1.807, 2.05) is 36.4 Å². The zero-order valence-corrected chi connectivity index (χ0v) is 21.9. The van der Waals surface area contributed by atoms with E-state index in [0.717, 1.165) is 15.7 Å². The number of amides is 4. The number of imide groups is 1. The van der Waals surface area contributed by atoms with Crippen LogP contribution in [-0.4, -0.2) is 59.5 Å². The fourth-order valence-corrected chi connectivity index (χ4v) is 4.23. The second-order valence-electron chi connectivity index (χ2n) is 8.97. The summed E-state index contributed by atoms with van der Waals surface area (Å²) in [4.78, 5) is 52.5. The van der Waals surface area contributed by atoms with Gasteiger partial charge in [0.2, 0.25) is 0 Å². The molecule has 0 saturated carbocycles. The lowest BCUT2D eigenvalue weighted by atomic mass is 10.1. The van der Waals surface area contributed by atoms with Gasteiger partial charge in [-0.2, -0.15) is 5.01 Å². The molecule has 0 unspecified atom stereocenters. The second kappa shape index (κ2) is 13.1. The van der Waals surface area contributed by atoms with Gasteiger partial charge in [-0.1, -0.05) is 60.7 Å². The Bertz CT molecular complexity index is 1350. The summed E-state index contributed by atoms with van der Waals surface area (Å²) < 4.78 is 4.89. The van der Waals surface area contributed by atoms with Crippen molar-refractivity contribution in [2.45, 2.75) is 25.4 Å². The van der Waals surface area contributed by atoms with Gasteiger partial charge in [0, 0.05) is 12.2 Å². The molecule has 4 amide bonds. The fraction of sp³-hybridized carbons (Fsp3) is 0.207. The molecule has 1 atom stereocenters. The van der Waals surface area contributed by atoms with Gasteiger partial charge in [0.1, 0.15) is 6.04 Å². The first-order valence-electron chi connectivity index (χ1n) is 12.7. The predicted octanol–water partition coefficient (Wildman–Crippen LogP) is 3.37. The van der Waals surface area contributed by atoms with Crippen molar-refractivity contribution in [2.75, 3.05) is 19.0 Å². The average Bonchev–Trinajstić information content (AvgIpc) is 3.23. The van der Waals surface area contributed by atoms with E-state index in [-0.39, 0.29) is 30.1 Å². The Morgan fingerprint density at radius 3 is 2.08 bits per heavy atom. The van der Waals surface area contributed by atoms with Crippen molar-refractivity contribution in [3.05, 3.63) is 102 Å². The van der Waals surface area contributed by atoms with Crippen molar-refractivity contribution in [1.29, 1.82) is 5.41 Å². The molecule has 0 radical (unpaired) electrons. The highest BCUT2D eigenvalue weighted by molar-refractivity contribution is 6.21. The van der Waals surface area contributed by atoms with Gasteiger partial charge < -0.3 is 20.7 Å². The smallest absolute Gasteiger partial charge is 0.337 e. The van der Waals surface area contributed by atoms with Crippen molar-refractivity contribution in [3.8, 4) is 0 Å². The van der Waals surface area contributed by atoms with Gasteiger partial charge in [0.15, 0.2) is 5.96 Å². The number of esters is 1. The van der Waals surface area contributed by atoms with Crippen LogP contribution in [0.2, 0.25) is 0 Å². The number of carbonyl (C=O) groups excluding carboxylic acids is 4. The van der Waals surface area contributed by atoms with E-state index in [9.17, 15) is 19.2 Å². The van der Waals surface area contributed by atoms with Crippen LogP contribution >= 0.6 is 0 Å². The highest BCUT2D eigenvalue weighted by Gasteiger charge is 2.42. The molecule has 40 heavy (non-hydrogen) atoms. The third kappa shape index (κ3) is 6.62. The van der Waals surface area contributed by atoms with Crippen LogP contribution in [0.15, 0.2) is 84.9 Å². The van der Waals surface area contributed by atoms with Crippen molar-refractivity contribution in [1.82, 2.24) is 20.7 Å². The lowest BCUT2D eigenvalue weighted by Crippen LogP contribution is -2.56. The van der Waals surface area contributed by atoms with Crippen molar-refractivity contribution in [3.63, 3.8) is 0 Å². The number of benzene rings is 3. The molecule has 1 aliphatic rings. The molecule has 0 aromatic heterocycles. The largest absolute Gasteiger partial charge is 0.467 e. The number of ether oxygens (including phenoxy) is 1. The minimum absolute atomic E-state index is 0.0874. The Balaban J connectivity index is 1.44. The summed E-state index contributed by atoms with van der Waals surface area (Å²) in [5.41, 5.74) is 1.82. The monoisotopic (exact) mass is 542 g/mol. The van der Waals surface area contributed by atoms with Gasteiger partial charge >= 0.3 is 12.0 Å². The van der Waals surface area contributed by atoms with Gasteiger partial charge in [-0.05, 0) is 42.7 Å². The van der Waals surface area contributed by atoms with E-state index in [1.165, 1.54) is 19.2 Å². The highest BCUT2D eigenvalue weighted by Crippen LogP contribution is 2.25. The maximum absolute atomic E-state index is 13.6. The quantitative estimate of drug-likeness (QED) is 0.101. The topological polar surface area (TPSA) is 144 Å². The molecule has 1 aliphatic heterocycles. The zero-order chi connectivity index (χ0) is 28.5. The summed E-state index contributed by atoms with van der Waals surface area (Å²) in [6, 6.07) is 22.6. The fourth-order valence-electron chi connectivity index (χ4n) is 4.23. The lowest BCUT2D eigenvalue weighted by molar-refractivity contribution is -0.143. The van der Waals surface area contributed by atoms with E-state index < -0.39 is 29.9 Å². The van der Waals surface area contributed by atoms with Crippen LogP contribution < -0.4 is 16.0 Å². The maximum atomic E-state index is 13.6. The number of anilines is 1. The number of nitrogens with one attached hydrogen (secondary N) is 4. The number of hydrogen-bond acceptors (Lipinski definition) is 6. The maximum Gasteiger partial charge on any atom is 0.337 e. The zero-order valence-electron chi connectivity index (χ0n) is 21.9. The van der Waals surface area contributed by atoms with Gasteiger partial charge in [0.05, 0.1) is 24.8 Å². The van der Waals surface area contributed by atoms with Crippen LogP contribution in [0.25, 0.3) is 0 Å². The van der Waals surface area contributed by atoms with Gasteiger partial charge in [-0.25, -0.2) is 14.6 Å². The number of nitrogens with zero attached hydrogens (tertiary/aromatic N) is 2. The van der Waals surface area contributed by atoms with Gasteiger partial charge in [-0.15, -0.1) is 0 Å². The Hall–Kier alpha value is -5.19. The summed E-state index contributed by atoms with van der Waals surface area (Å²) in [5.74, 6) is -1.85. The Morgan fingerprint density at radius 1 is 0.900 bits per heavy atom. The number of urea groups is 1. The predicted molar refractivity (Wildman–Crippen MR) is 148 cm³/mol. The van der Waals surface area contributed by atoms with Crippen LogP contribution in [0, 0.1) is 5.41 Å². The molecule has 0 saturated heterocycles. The van der Waals surface area contributed by atoms with Crippen LogP contribution in [0.3, 0.4) is 0 Å². The van der Waals surface area contributed by atoms with E-state index in [4.69, 9.17) is 10.1 Å². The number of carbonyl (C=O) groups is 4. The molecule has 11 nitrogen and oxygen atoms in total. The number of guanidine groups is 1. The number of para-hydroxylation sites is 1. The van der Waals surface area contributed by atoms with E-state index in [2.05, 4.69) is 16.0 Å². The Kier molecular flexibility index (Phi) is 9.08. The van der Waals surface area contributed by atoms with Crippen molar-refractivity contribution >= 4 is 35.5 Å². The van der Waals surface area contributed by atoms with Gasteiger partial charge in [0.25, 0.3) is 11.8 Å². The third-order valence-electron chi connectivity index (χ3n) is 6.22. The number of fused-ring (bicyclic) bond motifs is 1. The summed E-state index contributed by atoms with van der Waals surface area (Å²) in [7, 11) is 1.21. The van der Waals surface area contributed by atoms with E-state index in [0.29, 0.717) is 18.5 Å². The standard InChI is InChI=1S/C29H30N6O5/c1-40-27(38)24(17-10-18-31-28(30)32-21-13-6-3-7-14-21)33-29(39)34(19-20-11-4-2-5-12-20)35-25(36)22-15-8-9-16-23(22)26(35)37/h2-9,11-16,24H,10,17-19H2,1H3,(H,33,39)(H3,30,31,32)/t24-/m0/s1. The van der Waals surface area contributed by atoms with Crippen molar-refractivity contribution < 1.29 is 23.9 Å². The molecule has 206 valence electrons. The number of hydrogen-bond donors (Lipinski definition) is 4. The van der Waals surface area contributed by atoms with Crippen LogP contribution in [-0.2, 0) is 16.1 Å². The summed E-state index contributed by atoms with van der Waals surface area (Å²) in [6.07, 6.45) is 0.593. The number of hydrazine groups is 1. The Labute approximate surface area is 231 Å². The molecule has 4 N–H and O–H groups in total. The molecule has 1 heterocycles. The minimum atomic E-state index is -1.05. The first-order chi connectivity index (χ1) is 19.4. The molecular weight excluding hydrogens is 512 g/mol. The normalized spacial score (nSPS) is 12.8. The molecule has 4 rings (SSSR count). The average molecular weight is 543 g/mol. The first-order valence-corrected chi connectivity index (χ1v) is 12.7. The minimum Gasteiger partial charge on any atom is -0.467 e. The molecule has 3 aromatic rings. The summed E-state index contributed by atoms with van der Waals surface area (Å²) in [6.45, 7) is 0.254. The van der Waals surface area contributed by atoms with Crippen LogP contribution in [0.4, 0.5) is 10.5 Å². The molecule has 3 aromatic carbocycles. The second-order valence-corrected chi connectivity index (χ2v) is 8.97. The van der Waals surface area contributed by atoms with E-state index >= 15 is 0 Å². The molecule has 0 bridgehead atoms. The Morgan fingerprint density at radius 2 is 1.48 bits per heavy atom. The lowest BCUT2D eigenvalue weighted by Gasteiger charge is -2.31. The SMILES string of the molecule is COC(=O)[C@H](CCCNC(=N)Nc1ccccc1)NC(=O)N(Cc1ccccc1)N1C(=O)c2ccccc2C1=O. The number of rotatable bonds is 10. The van der Waals surface area contributed by atoms with Crippen LogP contribution in [0.5, 0.6) is 0 Å². The first kappa shape index (κ1) is 27.8. The molecule has 0 spiro atoms. The third-order valence-corrected chi connectivity index (χ3v) is 6.22. The molecular formula is C29H30N6O5. The highest BCUT2D eigenvalue weighted by atomic mass is 16.5. The van der Waals surface area contributed by atoms with Crippen LogP contribution in [0.1, 0.15) is 39.1 Å². The van der Waals surface area contributed by atoms with Gasteiger partial charge in [-0.3, -0.25) is 15.0 Å². The number of methoxy groups -OCH3 is 1. The molecule has 11 heteroatoms.